The molecule has 0 spiro atoms. The van der Waals surface area contributed by atoms with Gasteiger partial charge in [-0.15, -0.1) is 0 Å². The first-order valence-electron chi connectivity index (χ1n) is 27.5. The van der Waals surface area contributed by atoms with Gasteiger partial charge in [0, 0.05) is 150 Å². The smallest absolute Gasteiger partial charge is 0.281 e. The highest BCUT2D eigenvalue weighted by atomic mass is 35.5. The second-order valence-corrected chi connectivity index (χ2v) is 28.9. The monoisotopic (exact) mass is 1250 g/mol. The van der Waals surface area contributed by atoms with Gasteiger partial charge in [0.25, 0.3) is 10.2 Å². The number of aromatic nitrogens is 7. The lowest BCUT2D eigenvalue weighted by Crippen LogP contribution is -2.51. The van der Waals surface area contributed by atoms with Crippen molar-refractivity contribution in [2.24, 2.45) is 0 Å². The number of anilines is 4. The molecule has 0 atom stereocenters. The zero-order valence-corrected chi connectivity index (χ0v) is 51.3. The van der Waals surface area contributed by atoms with Crippen molar-refractivity contribution in [3.05, 3.63) is 94.4 Å². The first kappa shape index (κ1) is 60.8. The number of fused-ring (bicyclic) bond motifs is 4. The Labute approximate surface area is 497 Å². The van der Waals surface area contributed by atoms with E-state index in [9.17, 15) is 35.2 Å². The molecule has 8 heterocycles. The molecule has 0 radical (unpaired) electrons. The molecule has 84 heavy (non-hydrogen) atoms. The van der Waals surface area contributed by atoms with E-state index in [-0.39, 0.29) is 5.91 Å². The van der Waals surface area contributed by atoms with Crippen LogP contribution in [0.1, 0.15) is 49.7 Å². The van der Waals surface area contributed by atoms with Crippen LogP contribution in [0, 0.1) is 0 Å². The van der Waals surface area contributed by atoms with Crippen molar-refractivity contribution in [1.29, 1.82) is 0 Å². The number of para-hydroxylation sites is 1. The topological polar surface area (TPSA) is 304 Å². The van der Waals surface area contributed by atoms with Gasteiger partial charge in [-0.2, -0.15) is 36.6 Å². The zero-order valence-electron chi connectivity index (χ0n) is 47.4. The zero-order chi connectivity index (χ0) is 59.9. The number of rotatable bonds is 9. The van der Waals surface area contributed by atoms with E-state index in [4.69, 9.17) is 33.5 Å². The summed E-state index contributed by atoms with van der Waals surface area (Å²) < 4.78 is 81.3. The molecule has 4 aromatic heterocycles. The fourth-order valence-corrected chi connectivity index (χ4v) is 14.4. The summed E-state index contributed by atoms with van der Waals surface area (Å²) in [6, 6.07) is 17.5. The number of nitrogens with two attached hydrogens (primary N) is 1. The van der Waals surface area contributed by atoms with Crippen LogP contribution in [0.3, 0.4) is 0 Å². The molecule has 8 aromatic rings. The van der Waals surface area contributed by atoms with Gasteiger partial charge in [-0.1, -0.05) is 34.4 Å². The lowest BCUT2D eigenvalue weighted by molar-refractivity contribution is -0.129. The number of carbonyl (C=O) groups excluding carboxylic acids is 1. The van der Waals surface area contributed by atoms with E-state index in [1.807, 2.05) is 41.4 Å². The molecule has 5 aliphatic rings. The van der Waals surface area contributed by atoms with Crippen LogP contribution in [0.25, 0.3) is 43.7 Å². The van der Waals surface area contributed by atoms with Crippen LogP contribution in [0.15, 0.2) is 77.7 Å². The van der Waals surface area contributed by atoms with Crippen molar-refractivity contribution in [1.82, 2.24) is 57.9 Å². The number of halogens is 2. The number of nitrogens with one attached hydrogen (secondary N) is 3. The Hall–Kier alpha value is -6.34. The number of piperazine rings is 3. The quantitative estimate of drug-likeness (QED) is 0.124. The second kappa shape index (κ2) is 24.6. The summed E-state index contributed by atoms with van der Waals surface area (Å²) in [5.74, 6) is 1.28. The summed E-state index contributed by atoms with van der Waals surface area (Å²) in [5.41, 5.74) is 13.4. The number of hydrogen-bond donors (Lipinski definition) is 5. The van der Waals surface area contributed by atoms with E-state index < -0.39 is 35.9 Å². The molecule has 0 bridgehead atoms. The molecule has 6 N–H and O–H groups in total. The maximum Gasteiger partial charge on any atom is 0.281 e. The molecule has 0 unspecified atom stereocenters. The van der Waals surface area contributed by atoms with Gasteiger partial charge in [0.15, 0.2) is 11.4 Å². The Morgan fingerprint density at radius 2 is 1.11 bits per heavy atom. The van der Waals surface area contributed by atoms with E-state index in [1.54, 1.807) is 45.5 Å². The molecule has 1 aliphatic carbocycles. The summed E-state index contributed by atoms with van der Waals surface area (Å²) in [6.07, 6.45) is 11.0. The largest absolute Gasteiger partial charge is 0.385 e. The predicted molar refractivity (Wildman–Crippen MR) is 328 cm³/mol. The Morgan fingerprint density at radius 3 is 1.64 bits per heavy atom. The number of piperidine rings is 1. The summed E-state index contributed by atoms with van der Waals surface area (Å²) in [5, 5.41) is 40.8. The highest BCUT2D eigenvalue weighted by Crippen LogP contribution is 2.44. The Balaban J connectivity index is 0.000000125. The fraction of sp³-hybridized carbons (Fsp3) is 0.463. The minimum absolute atomic E-state index is 0.176. The number of aliphatic hydroxyl groups is 1. The molecule has 1 saturated carbocycles. The summed E-state index contributed by atoms with van der Waals surface area (Å²) >= 11 is 12.3. The van der Waals surface area contributed by atoms with E-state index in [1.165, 1.54) is 59.2 Å². The van der Waals surface area contributed by atoms with Crippen molar-refractivity contribution < 1.29 is 39.7 Å². The molecule has 4 aliphatic heterocycles. The van der Waals surface area contributed by atoms with Gasteiger partial charge in [-0.3, -0.25) is 20.1 Å². The van der Waals surface area contributed by atoms with Crippen molar-refractivity contribution in [3.63, 3.8) is 0 Å². The molecule has 13 rings (SSSR count). The summed E-state index contributed by atoms with van der Waals surface area (Å²) in [7, 11) is -6.59. The van der Waals surface area contributed by atoms with Gasteiger partial charge in [0.1, 0.15) is 0 Å². The third kappa shape index (κ3) is 13.4. The number of hydrogen-bond acceptors (Lipinski definition) is 17. The highest BCUT2D eigenvalue weighted by molar-refractivity contribution is 7.88. The van der Waals surface area contributed by atoms with Gasteiger partial charge in [0.2, 0.25) is 26.0 Å². The summed E-state index contributed by atoms with van der Waals surface area (Å²) in [4.78, 5) is 20.0. The van der Waals surface area contributed by atoms with Gasteiger partial charge in [0.05, 0.1) is 64.3 Å². The normalized spacial score (nSPS) is 18.6. The number of nitrogens with zero attached hydrogens (tertiary/aromatic N) is 12. The Bertz CT molecular complexity index is 4010. The van der Waals surface area contributed by atoms with E-state index in [2.05, 4.69) is 62.6 Å². The lowest BCUT2D eigenvalue weighted by atomic mass is 9.83. The van der Waals surface area contributed by atoms with Gasteiger partial charge in [-0.25, -0.2) is 21.1 Å². The average Bonchev–Trinajstić information content (AvgIpc) is 2.83. The van der Waals surface area contributed by atoms with Gasteiger partial charge in [-0.05, 0) is 91.3 Å². The molecule has 30 heteroatoms. The molecule has 4 saturated heterocycles. The SMILES string of the molecule is CC(=O)N1CCN(c2cc(C3CC3)cc3[nH]ncc23)CC1.CN(C)S(=O)(=O)N1CCN(c2cc(Cl)cc3[nH]ncc23)CC1.CS(=O)(=O)N1CCC(O)(c2cc(Cl)cc3[nH]ncc23)CC1.CS(=O)(=O)N1CCN(c2cccc3c(N)noc23)CC1. The van der Waals surface area contributed by atoms with Crippen LogP contribution in [0.2, 0.25) is 10.0 Å². The number of benzene rings is 4. The van der Waals surface area contributed by atoms with E-state index >= 15 is 0 Å². The van der Waals surface area contributed by atoms with Crippen molar-refractivity contribution in [2.75, 3.05) is 139 Å². The van der Waals surface area contributed by atoms with E-state index in [0.29, 0.717) is 105 Å². The standard InChI is InChI=1S/C16H20N4O.C13H18ClN5O2S.C13H16ClN3O3S.C12H16N4O3S/c1-11(21)19-4-6-20(7-5-19)16-9-13(12-2-3-12)8-15-14(16)10-17-18-15;1-17(2)22(20,21)19-5-3-18(4-6-19)13-8-10(14)7-12-11(13)9-15-16-12;1-21(19,20)17-4-2-13(18,3-5-17)11-6-9(14)7-12-10(11)8-15-16-12;1-20(17,18)16-7-5-15(6-8-16)10-4-2-3-9-11(10)19-14-12(9)13/h8-10,12H,2-7H2,1H3,(H,17,18);7-9H,3-6H2,1-2H3,(H,15,16);6-8,18H,2-5H2,1H3,(H,15,16);2-4H,5-8H2,1H3,(H2,13,14). The van der Waals surface area contributed by atoms with Gasteiger partial charge < -0.3 is 35.0 Å². The van der Waals surface area contributed by atoms with Crippen molar-refractivity contribution in [2.45, 2.75) is 44.1 Å². The average molecular weight is 1250 g/mol. The maximum atomic E-state index is 12.2. The molecule has 5 fully saturated rings. The Kier molecular flexibility index (Phi) is 17.8. The number of sulfonamides is 2. The third-order valence-electron chi connectivity index (χ3n) is 16.1. The third-order valence-corrected chi connectivity index (χ3v) is 21.1. The first-order valence-corrected chi connectivity index (χ1v) is 33.4. The molecule has 1 amide bonds. The minimum Gasteiger partial charge on any atom is -0.385 e. The number of nitrogen functional groups attached to an aromatic ring is 1. The molecule has 4 aromatic carbocycles. The fourth-order valence-electron chi connectivity index (χ4n) is 11.2. The maximum absolute atomic E-state index is 12.2. The van der Waals surface area contributed by atoms with Crippen LogP contribution in [-0.2, 0) is 40.7 Å². The van der Waals surface area contributed by atoms with E-state index in [0.717, 1.165) is 76.2 Å². The number of carbonyl (C=O) groups is 1. The van der Waals surface area contributed by atoms with Crippen molar-refractivity contribution >= 4 is 126 Å². The molecule has 452 valence electrons. The van der Waals surface area contributed by atoms with Crippen LogP contribution >= 0.6 is 23.2 Å². The number of aromatic amines is 3. The van der Waals surface area contributed by atoms with Crippen molar-refractivity contribution in [3.8, 4) is 0 Å². The van der Waals surface area contributed by atoms with Crippen LogP contribution in [-0.4, -0.2) is 212 Å². The first-order chi connectivity index (χ1) is 39.9. The number of H-pyrrole nitrogens is 3. The number of amides is 1. The Morgan fingerprint density at radius 1 is 0.631 bits per heavy atom. The summed E-state index contributed by atoms with van der Waals surface area (Å²) in [6.45, 7) is 9.96. The van der Waals surface area contributed by atoms with Crippen LogP contribution < -0.4 is 20.4 Å². The van der Waals surface area contributed by atoms with Crippen LogP contribution in [0.4, 0.5) is 22.9 Å². The van der Waals surface area contributed by atoms with Gasteiger partial charge >= 0.3 is 0 Å². The minimum atomic E-state index is -3.35. The lowest BCUT2D eigenvalue weighted by Gasteiger charge is -2.37. The second-order valence-electron chi connectivity index (χ2n) is 21.9. The predicted octanol–water partition coefficient (Wildman–Crippen LogP) is 5.20. The van der Waals surface area contributed by atoms with Crippen LogP contribution in [0.5, 0.6) is 0 Å². The molecule has 25 nitrogen and oxygen atoms in total. The highest BCUT2D eigenvalue weighted by Gasteiger charge is 2.38. The molecular formula is C54H70Cl2N16O9S3. The molecular weight excluding hydrogens is 1180 g/mol.